The summed E-state index contributed by atoms with van der Waals surface area (Å²) in [5, 5.41) is 0.306. The summed E-state index contributed by atoms with van der Waals surface area (Å²) < 4.78 is 47.5. The Morgan fingerprint density at radius 2 is 2.00 bits per heavy atom. The molecule has 1 aliphatic heterocycles. The fourth-order valence-corrected chi connectivity index (χ4v) is 4.29. The van der Waals surface area contributed by atoms with Crippen molar-refractivity contribution in [3.8, 4) is 5.75 Å². The van der Waals surface area contributed by atoms with Gasteiger partial charge in [0.15, 0.2) is 5.16 Å². The van der Waals surface area contributed by atoms with E-state index in [4.69, 9.17) is 4.74 Å². The molecule has 1 N–H and O–H groups in total. The highest BCUT2D eigenvalue weighted by atomic mass is 32.2. The largest absolute Gasteiger partial charge is 0.435 e. The third-order valence-electron chi connectivity index (χ3n) is 4.50. The molecule has 4 rings (SSSR count). The summed E-state index contributed by atoms with van der Waals surface area (Å²) in [6.07, 6.45) is 0. The van der Waals surface area contributed by atoms with Crippen LogP contribution in [0.25, 0.3) is 11.0 Å². The predicted molar refractivity (Wildman–Crippen MR) is 102 cm³/mol. The lowest BCUT2D eigenvalue weighted by atomic mass is 10.1. The van der Waals surface area contributed by atoms with Crippen LogP contribution in [0.5, 0.6) is 5.75 Å². The van der Waals surface area contributed by atoms with Gasteiger partial charge in [0.1, 0.15) is 5.75 Å². The number of H-pyrrole nitrogens is 1. The molecule has 3 aromatic rings. The van der Waals surface area contributed by atoms with Crippen molar-refractivity contribution in [1.82, 2.24) is 9.97 Å². The number of anilines is 1. The maximum atomic E-state index is 12.9. The van der Waals surface area contributed by atoms with Gasteiger partial charge in [-0.05, 0) is 23.8 Å². The molecule has 28 heavy (non-hydrogen) atoms. The number of imidazole rings is 1. The minimum atomic E-state index is -2.90. The van der Waals surface area contributed by atoms with Crippen molar-refractivity contribution in [2.75, 3.05) is 31.2 Å². The maximum absolute atomic E-state index is 12.9. The van der Waals surface area contributed by atoms with Crippen LogP contribution >= 0.6 is 0 Å². The zero-order chi connectivity index (χ0) is 19.5. The number of morpholine rings is 1. The molecule has 0 saturated carbocycles. The van der Waals surface area contributed by atoms with E-state index in [1.54, 1.807) is 6.07 Å². The quantitative estimate of drug-likeness (QED) is 0.679. The number of nitrogens with zero attached hydrogens (tertiary/aromatic N) is 2. The Kier molecular flexibility index (Phi) is 5.54. The van der Waals surface area contributed by atoms with Gasteiger partial charge in [0.25, 0.3) is 0 Å². The van der Waals surface area contributed by atoms with Crippen molar-refractivity contribution in [3.05, 3.63) is 48.0 Å². The van der Waals surface area contributed by atoms with Gasteiger partial charge in [0.05, 0.1) is 40.8 Å². The van der Waals surface area contributed by atoms with E-state index in [0.29, 0.717) is 35.2 Å². The lowest BCUT2D eigenvalue weighted by Gasteiger charge is -2.30. The fraction of sp³-hybridized carbons (Fsp3) is 0.316. The first-order valence-electron chi connectivity index (χ1n) is 8.84. The van der Waals surface area contributed by atoms with Crippen molar-refractivity contribution in [2.45, 2.75) is 17.5 Å². The molecule has 9 heteroatoms. The number of fused-ring (bicyclic) bond motifs is 1. The van der Waals surface area contributed by atoms with Crippen molar-refractivity contribution in [3.63, 3.8) is 0 Å². The SMILES string of the molecule is O=S(Cc1ccccc1N1CCOCC1)c1nc2ccc(OC(F)F)cc2[nH]1. The van der Waals surface area contributed by atoms with Crippen LogP contribution < -0.4 is 9.64 Å². The first-order valence-corrected chi connectivity index (χ1v) is 10.2. The van der Waals surface area contributed by atoms with Gasteiger partial charge < -0.3 is 19.4 Å². The molecule has 2 aromatic carbocycles. The average Bonchev–Trinajstić information content (AvgIpc) is 3.12. The Hall–Kier alpha value is -2.52. The van der Waals surface area contributed by atoms with Crippen LogP contribution in [0.3, 0.4) is 0 Å². The van der Waals surface area contributed by atoms with Crippen molar-refractivity contribution in [1.29, 1.82) is 0 Å². The number of alkyl halides is 2. The monoisotopic (exact) mass is 407 g/mol. The summed E-state index contributed by atoms with van der Waals surface area (Å²) in [5.74, 6) is 0.328. The normalized spacial score (nSPS) is 15.9. The molecule has 2 heterocycles. The Labute approximate surface area is 162 Å². The van der Waals surface area contributed by atoms with E-state index in [1.165, 1.54) is 12.1 Å². The van der Waals surface area contributed by atoms with E-state index < -0.39 is 17.4 Å². The second kappa shape index (κ2) is 8.24. The molecule has 1 aromatic heterocycles. The molecule has 0 bridgehead atoms. The molecule has 0 spiro atoms. The number of hydrogen-bond donors (Lipinski definition) is 1. The molecule has 0 aliphatic carbocycles. The van der Waals surface area contributed by atoms with Crippen molar-refractivity contribution in [2.24, 2.45) is 0 Å². The van der Waals surface area contributed by atoms with Gasteiger partial charge in [0.2, 0.25) is 0 Å². The molecule has 1 atom stereocenters. The highest BCUT2D eigenvalue weighted by molar-refractivity contribution is 7.84. The molecule has 0 radical (unpaired) electrons. The van der Waals surface area contributed by atoms with Gasteiger partial charge in [-0.2, -0.15) is 8.78 Å². The van der Waals surface area contributed by atoms with E-state index in [9.17, 15) is 13.0 Å². The van der Waals surface area contributed by atoms with Crippen LogP contribution in [0, 0.1) is 0 Å². The minimum absolute atomic E-state index is 0.0288. The Morgan fingerprint density at radius 3 is 2.79 bits per heavy atom. The van der Waals surface area contributed by atoms with Gasteiger partial charge in [-0.25, -0.2) is 4.98 Å². The van der Waals surface area contributed by atoms with E-state index >= 15 is 0 Å². The number of hydrogen-bond acceptors (Lipinski definition) is 5. The lowest BCUT2D eigenvalue weighted by molar-refractivity contribution is -0.0497. The van der Waals surface area contributed by atoms with Crippen molar-refractivity contribution >= 4 is 27.5 Å². The fourth-order valence-electron chi connectivity index (χ4n) is 3.20. The number of halogens is 2. The van der Waals surface area contributed by atoms with E-state index in [0.717, 1.165) is 24.3 Å². The van der Waals surface area contributed by atoms with E-state index in [1.807, 2.05) is 24.3 Å². The van der Waals surface area contributed by atoms with Gasteiger partial charge >= 0.3 is 6.61 Å². The number of nitrogens with one attached hydrogen (secondary N) is 1. The molecule has 1 fully saturated rings. The first kappa shape index (κ1) is 18.8. The van der Waals surface area contributed by atoms with E-state index in [-0.39, 0.29) is 5.75 Å². The predicted octanol–water partition coefficient (Wildman–Crippen LogP) is 3.31. The molecular formula is C19H19F2N3O3S. The van der Waals surface area contributed by atoms with E-state index in [2.05, 4.69) is 19.6 Å². The second-order valence-electron chi connectivity index (χ2n) is 6.32. The standard InChI is InChI=1S/C19H19F2N3O3S/c20-18(21)27-14-5-6-15-16(11-14)23-19(22-15)28(25)12-13-3-1-2-4-17(13)24-7-9-26-10-8-24/h1-6,11,18H,7-10,12H2,(H,22,23). The molecular weight excluding hydrogens is 388 g/mol. The van der Waals surface area contributed by atoms with Gasteiger partial charge in [-0.15, -0.1) is 0 Å². The van der Waals surface area contributed by atoms with Crippen molar-refractivity contribution < 1.29 is 22.5 Å². The molecule has 1 unspecified atom stereocenters. The minimum Gasteiger partial charge on any atom is -0.435 e. The highest BCUT2D eigenvalue weighted by Gasteiger charge is 2.18. The van der Waals surface area contributed by atoms with Crippen LogP contribution in [0.2, 0.25) is 0 Å². The summed E-state index contributed by atoms with van der Waals surface area (Å²) in [7, 11) is -1.41. The Morgan fingerprint density at radius 1 is 1.21 bits per heavy atom. The Bertz CT molecular complexity index is 989. The number of aromatic amines is 1. The smallest absolute Gasteiger partial charge is 0.387 e. The molecule has 148 valence electrons. The molecule has 1 aliphatic rings. The van der Waals surface area contributed by atoms with Crippen LogP contribution in [0.15, 0.2) is 47.6 Å². The third-order valence-corrected chi connectivity index (χ3v) is 5.70. The number of rotatable bonds is 6. The van der Waals surface area contributed by atoms with Gasteiger partial charge in [-0.3, -0.25) is 4.21 Å². The topological polar surface area (TPSA) is 67.5 Å². The summed E-state index contributed by atoms with van der Waals surface area (Å²) in [6, 6.07) is 12.3. The number of para-hydroxylation sites is 1. The van der Waals surface area contributed by atoms with Gasteiger partial charge in [-0.1, -0.05) is 18.2 Å². The zero-order valence-electron chi connectivity index (χ0n) is 14.9. The van der Waals surface area contributed by atoms with Crippen LogP contribution in [0.1, 0.15) is 5.56 Å². The molecule has 1 saturated heterocycles. The molecule has 6 nitrogen and oxygen atoms in total. The summed E-state index contributed by atoms with van der Waals surface area (Å²) in [5.41, 5.74) is 3.06. The maximum Gasteiger partial charge on any atom is 0.387 e. The first-order chi connectivity index (χ1) is 13.6. The average molecular weight is 407 g/mol. The number of ether oxygens (including phenoxy) is 2. The van der Waals surface area contributed by atoms with Gasteiger partial charge in [0, 0.05) is 24.8 Å². The molecule has 0 amide bonds. The van der Waals surface area contributed by atoms with Crippen LogP contribution in [0.4, 0.5) is 14.5 Å². The summed E-state index contributed by atoms with van der Waals surface area (Å²) >= 11 is 0. The number of aromatic nitrogens is 2. The zero-order valence-corrected chi connectivity index (χ0v) is 15.8. The summed E-state index contributed by atoms with van der Waals surface area (Å²) in [4.78, 5) is 9.52. The second-order valence-corrected chi connectivity index (χ2v) is 7.68. The number of benzene rings is 2. The Balaban J connectivity index is 1.55. The highest BCUT2D eigenvalue weighted by Crippen LogP contribution is 2.26. The lowest BCUT2D eigenvalue weighted by Crippen LogP contribution is -2.36. The van der Waals surface area contributed by atoms with Crippen LogP contribution in [-0.4, -0.2) is 47.1 Å². The third kappa shape index (κ3) is 4.15. The summed E-state index contributed by atoms with van der Waals surface area (Å²) in [6.45, 7) is 0.0295. The van der Waals surface area contributed by atoms with Crippen LogP contribution in [-0.2, 0) is 21.3 Å².